The molecule has 3 rings (SSSR count). The predicted octanol–water partition coefficient (Wildman–Crippen LogP) is 3.62. The van der Waals surface area contributed by atoms with Crippen molar-refractivity contribution < 1.29 is 0 Å². The summed E-state index contributed by atoms with van der Waals surface area (Å²) in [6, 6.07) is 19.2. The van der Waals surface area contributed by atoms with Crippen LogP contribution < -0.4 is 11.5 Å². The van der Waals surface area contributed by atoms with Crippen molar-refractivity contribution in [2.24, 2.45) is 5.73 Å². The topological polar surface area (TPSA) is 77.8 Å². The maximum atomic E-state index is 6.28. The number of nitrogen functional groups attached to an aromatic ring is 1. The molecule has 0 aliphatic heterocycles. The Morgan fingerprint density at radius 3 is 2.35 bits per heavy atom. The minimum atomic E-state index is -0.241. The van der Waals surface area contributed by atoms with Crippen molar-refractivity contribution in [2.45, 2.75) is 12.5 Å². The summed E-state index contributed by atoms with van der Waals surface area (Å²) in [5.41, 5.74) is 16.3. The minimum Gasteiger partial charge on any atom is -0.399 e. The van der Waals surface area contributed by atoms with Crippen LogP contribution in [0.4, 0.5) is 5.69 Å². The molecular formula is C18H17ClN4. The second-order valence-electron chi connectivity index (χ2n) is 5.39. The smallest absolute Gasteiger partial charge is 0.159 e. The Balaban J connectivity index is 1.89. The molecule has 4 nitrogen and oxygen atoms in total. The Morgan fingerprint density at radius 1 is 0.957 bits per heavy atom. The highest BCUT2D eigenvalue weighted by Gasteiger charge is 2.13. The fourth-order valence-corrected chi connectivity index (χ4v) is 2.61. The number of hydrogen-bond acceptors (Lipinski definition) is 4. The summed E-state index contributed by atoms with van der Waals surface area (Å²) >= 11 is 6.19. The van der Waals surface area contributed by atoms with Crippen LogP contribution in [0, 0.1) is 0 Å². The van der Waals surface area contributed by atoms with Crippen LogP contribution in [0.25, 0.3) is 11.1 Å². The lowest BCUT2D eigenvalue weighted by molar-refractivity contribution is 0.680. The van der Waals surface area contributed by atoms with E-state index >= 15 is 0 Å². The summed E-state index contributed by atoms with van der Waals surface area (Å²) in [7, 11) is 0. The van der Waals surface area contributed by atoms with Gasteiger partial charge in [-0.25, -0.2) is 0 Å². The van der Waals surface area contributed by atoms with Gasteiger partial charge in [0.05, 0.1) is 11.7 Å². The van der Waals surface area contributed by atoms with Gasteiger partial charge in [-0.1, -0.05) is 54.1 Å². The molecule has 5 heteroatoms. The number of halogens is 1. The monoisotopic (exact) mass is 324 g/mol. The number of rotatable bonds is 4. The minimum absolute atomic E-state index is 0.241. The van der Waals surface area contributed by atoms with Gasteiger partial charge < -0.3 is 11.5 Å². The quantitative estimate of drug-likeness (QED) is 0.718. The van der Waals surface area contributed by atoms with Crippen LogP contribution in [0.3, 0.4) is 0 Å². The van der Waals surface area contributed by atoms with E-state index in [2.05, 4.69) is 10.2 Å². The van der Waals surface area contributed by atoms with E-state index in [1.165, 1.54) is 0 Å². The first-order chi connectivity index (χ1) is 11.1. The molecule has 116 valence electrons. The molecule has 0 fully saturated rings. The molecule has 1 aromatic heterocycles. The maximum absolute atomic E-state index is 6.28. The van der Waals surface area contributed by atoms with Gasteiger partial charge in [-0.05, 0) is 35.7 Å². The van der Waals surface area contributed by atoms with Crippen LogP contribution in [0.5, 0.6) is 0 Å². The van der Waals surface area contributed by atoms with Gasteiger partial charge in [-0.3, -0.25) is 0 Å². The van der Waals surface area contributed by atoms with E-state index < -0.39 is 0 Å². The highest BCUT2D eigenvalue weighted by atomic mass is 35.5. The van der Waals surface area contributed by atoms with Gasteiger partial charge in [-0.15, -0.1) is 5.10 Å². The lowest BCUT2D eigenvalue weighted by Crippen LogP contribution is -2.15. The van der Waals surface area contributed by atoms with Crippen molar-refractivity contribution in [3.8, 4) is 11.1 Å². The zero-order valence-corrected chi connectivity index (χ0v) is 13.2. The molecule has 0 aliphatic rings. The van der Waals surface area contributed by atoms with Crippen LogP contribution in [-0.4, -0.2) is 10.2 Å². The zero-order valence-electron chi connectivity index (χ0n) is 12.5. The van der Waals surface area contributed by atoms with Crippen molar-refractivity contribution >= 4 is 17.3 Å². The lowest BCUT2D eigenvalue weighted by atomic mass is 10.0. The average Bonchev–Trinajstić information content (AvgIpc) is 2.57. The van der Waals surface area contributed by atoms with Crippen molar-refractivity contribution in [2.75, 3.05) is 5.73 Å². The van der Waals surface area contributed by atoms with Crippen LogP contribution in [-0.2, 0) is 6.42 Å². The molecule has 0 amide bonds. The van der Waals surface area contributed by atoms with E-state index in [4.69, 9.17) is 23.1 Å². The molecule has 0 spiro atoms. The fourth-order valence-electron chi connectivity index (χ4n) is 2.41. The lowest BCUT2D eigenvalue weighted by Gasteiger charge is -2.13. The van der Waals surface area contributed by atoms with Crippen LogP contribution in [0.15, 0.2) is 60.7 Å². The van der Waals surface area contributed by atoms with E-state index in [0.717, 1.165) is 16.7 Å². The molecule has 3 aromatic rings. The van der Waals surface area contributed by atoms with Gasteiger partial charge in [0.1, 0.15) is 0 Å². The third kappa shape index (κ3) is 3.67. The molecule has 23 heavy (non-hydrogen) atoms. The average molecular weight is 325 g/mol. The van der Waals surface area contributed by atoms with Crippen molar-refractivity contribution in [3.63, 3.8) is 0 Å². The van der Waals surface area contributed by atoms with Gasteiger partial charge in [0.25, 0.3) is 0 Å². The molecule has 1 heterocycles. The third-order valence-electron chi connectivity index (χ3n) is 3.67. The molecule has 0 aliphatic carbocycles. The predicted molar refractivity (Wildman–Crippen MR) is 94.0 cm³/mol. The summed E-state index contributed by atoms with van der Waals surface area (Å²) in [4.78, 5) is 0. The van der Waals surface area contributed by atoms with E-state index in [-0.39, 0.29) is 6.04 Å². The van der Waals surface area contributed by atoms with Gasteiger partial charge in [0.15, 0.2) is 5.15 Å². The SMILES string of the molecule is Nc1ccc(-c2cc([C@@H](N)Cc3ccccc3)nnc2Cl)cc1. The van der Waals surface area contributed by atoms with Gasteiger partial charge in [-0.2, -0.15) is 5.10 Å². The summed E-state index contributed by atoms with van der Waals surface area (Å²) in [6.45, 7) is 0. The van der Waals surface area contributed by atoms with E-state index in [9.17, 15) is 0 Å². The number of hydrogen-bond donors (Lipinski definition) is 2. The van der Waals surface area contributed by atoms with Gasteiger partial charge in [0.2, 0.25) is 0 Å². The standard InChI is InChI=1S/C18H17ClN4/c19-18-15(13-6-8-14(20)9-7-13)11-17(22-23-18)16(21)10-12-4-2-1-3-5-12/h1-9,11,16H,10,20-21H2/t16-/m0/s1. The van der Waals surface area contributed by atoms with Gasteiger partial charge >= 0.3 is 0 Å². The Hall–Kier alpha value is -2.43. The van der Waals surface area contributed by atoms with E-state index in [0.29, 0.717) is 23.0 Å². The fraction of sp³-hybridized carbons (Fsp3) is 0.111. The molecule has 0 bridgehead atoms. The zero-order chi connectivity index (χ0) is 16.2. The number of benzene rings is 2. The largest absolute Gasteiger partial charge is 0.399 e. The molecule has 0 unspecified atom stereocenters. The highest BCUT2D eigenvalue weighted by molar-refractivity contribution is 6.32. The number of anilines is 1. The van der Waals surface area contributed by atoms with Gasteiger partial charge in [0, 0.05) is 11.3 Å². The second-order valence-corrected chi connectivity index (χ2v) is 5.75. The van der Waals surface area contributed by atoms with Crippen LogP contribution >= 0.6 is 11.6 Å². The molecule has 0 saturated heterocycles. The summed E-state index contributed by atoms with van der Waals surface area (Å²) in [6.07, 6.45) is 0.693. The molecule has 0 radical (unpaired) electrons. The molecular weight excluding hydrogens is 308 g/mol. The van der Waals surface area contributed by atoms with E-state index in [1.807, 2.05) is 60.7 Å². The molecule has 4 N–H and O–H groups in total. The van der Waals surface area contributed by atoms with Crippen molar-refractivity contribution in [1.29, 1.82) is 0 Å². The summed E-state index contributed by atoms with van der Waals surface area (Å²) in [5.74, 6) is 0. The third-order valence-corrected chi connectivity index (χ3v) is 3.95. The Labute approximate surface area is 140 Å². The van der Waals surface area contributed by atoms with Crippen LogP contribution in [0.1, 0.15) is 17.3 Å². The van der Waals surface area contributed by atoms with Crippen LogP contribution in [0.2, 0.25) is 5.15 Å². The Morgan fingerprint density at radius 2 is 1.65 bits per heavy atom. The first-order valence-electron chi connectivity index (χ1n) is 7.32. The van der Waals surface area contributed by atoms with Crippen molar-refractivity contribution in [3.05, 3.63) is 77.1 Å². The molecule has 1 atom stereocenters. The summed E-state index contributed by atoms with van der Waals surface area (Å²) in [5, 5.41) is 8.54. The van der Waals surface area contributed by atoms with Crippen molar-refractivity contribution in [1.82, 2.24) is 10.2 Å². The Bertz CT molecular complexity index is 788. The van der Waals surface area contributed by atoms with E-state index in [1.54, 1.807) is 0 Å². The second kappa shape index (κ2) is 6.77. The number of nitrogens with two attached hydrogens (primary N) is 2. The Kier molecular flexibility index (Phi) is 4.55. The molecule has 0 saturated carbocycles. The normalized spacial score (nSPS) is 12.1. The first kappa shape index (κ1) is 15.5. The maximum Gasteiger partial charge on any atom is 0.159 e. The molecule has 2 aromatic carbocycles. The number of nitrogens with zero attached hydrogens (tertiary/aromatic N) is 2. The first-order valence-corrected chi connectivity index (χ1v) is 7.70. The highest BCUT2D eigenvalue weighted by Crippen LogP contribution is 2.28. The number of aromatic nitrogens is 2. The summed E-state index contributed by atoms with van der Waals surface area (Å²) < 4.78 is 0.